The van der Waals surface area contributed by atoms with Gasteiger partial charge in [-0.15, -0.1) is 8.78 Å². The van der Waals surface area contributed by atoms with Crippen LogP contribution in [0, 0.1) is 0 Å². The van der Waals surface area contributed by atoms with Crippen LogP contribution in [0.15, 0.2) is 29.1 Å². The number of benzene rings is 1. The van der Waals surface area contributed by atoms with Gasteiger partial charge < -0.3 is 29.2 Å². The van der Waals surface area contributed by atoms with Crippen molar-refractivity contribution in [2.45, 2.75) is 44.8 Å². The fraction of sp³-hybridized carbons (Fsp3) is 0.333. The lowest BCUT2D eigenvalue weighted by Gasteiger charge is -2.35. The number of nitrogens with two attached hydrogens (primary N) is 1. The van der Waals surface area contributed by atoms with Crippen molar-refractivity contribution >= 4 is 22.8 Å². The van der Waals surface area contributed by atoms with Crippen LogP contribution in [0.1, 0.15) is 36.5 Å². The molecular weight excluding hydrogens is 480 g/mol. The number of aromatic nitrogens is 2. The summed E-state index contributed by atoms with van der Waals surface area (Å²) >= 11 is 0. The third kappa shape index (κ3) is 3.10. The Morgan fingerprint density at radius 3 is 2.67 bits per heavy atom. The van der Waals surface area contributed by atoms with Gasteiger partial charge >= 0.3 is 18.2 Å². The van der Waals surface area contributed by atoms with Crippen LogP contribution in [-0.2, 0) is 37.8 Å². The summed E-state index contributed by atoms with van der Waals surface area (Å²) in [7, 11) is 0. The van der Waals surface area contributed by atoms with E-state index in [1.54, 1.807) is 19.1 Å². The molecule has 5 heterocycles. The number of pyridine rings is 2. The number of alkyl halides is 2. The molecule has 3 aliphatic heterocycles. The molecule has 1 aromatic carbocycles. The highest BCUT2D eigenvalue weighted by molar-refractivity contribution is 5.89. The minimum absolute atomic E-state index is 0.0299. The summed E-state index contributed by atoms with van der Waals surface area (Å²) in [5, 5.41) is 0.525. The van der Waals surface area contributed by atoms with Crippen LogP contribution in [0.4, 0.5) is 8.78 Å². The van der Waals surface area contributed by atoms with E-state index < -0.39 is 29.4 Å². The van der Waals surface area contributed by atoms with Gasteiger partial charge in [0.25, 0.3) is 5.56 Å². The first-order chi connectivity index (χ1) is 17.2. The van der Waals surface area contributed by atoms with Crippen molar-refractivity contribution in [3.63, 3.8) is 0 Å². The lowest BCUT2D eigenvalue weighted by molar-refractivity contribution is -0.286. The van der Waals surface area contributed by atoms with E-state index in [9.17, 15) is 23.2 Å². The van der Waals surface area contributed by atoms with Crippen LogP contribution >= 0.6 is 0 Å². The zero-order valence-electron chi connectivity index (χ0n) is 18.9. The van der Waals surface area contributed by atoms with Gasteiger partial charge in [0.05, 0.1) is 35.4 Å². The highest BCUT2D eigenvalue weighted by atomic mass is 19.3. The van der Waals surface area contributed by atoms with Crippen LogP contribution in [0.3, 0.4) is 0 Å². The van der Waals surface area contributed by atoms with Crippen molar-refractivity contribution in [2.75, 3.05) is 6.54 Å². The standard InChI is InChI=1S/C24H19F2N3O7/c1-2-23(36-19(30)3-4-27)14-7-16-20-12(9-29(16)21(31)13(14)10-33-22(23)32)5-11-6-17-18(8-15(11)28-20)35-24(25,26)34-17/h5-8H,2-4,9-10,27H2,1H3. The number of nitrogens with zero attached hydrogens (tertiary/aromatic N) is 2. The Bertz CT molecular complexity index is 1550. The van der Waals surface area contributed by atoms with Gasteiger partial charge in [-0.1, -0.05) is 6.92 Å². The first-order valence-electron chi connectivity index (χ1n) is 11.3. The molecule has 1 unspecified atom stereocenters. The average molecular weight is 499 g/mol. The molecule has 0 saturated carbocycles. The molecule has 0 radical (unpaired) electrons. The minimum Gasteiger partial charge on any atom is -0.457 e. The van der Waals surface area contributed by atoms with Gasteiger partial charge in [-0.05, 0) is 24.6 Å². The molecule has 12 heteroatoms. The largest absolute Gasteiger partial charge is 0.586 e. The van der Waals surface area contributed by atoms with E-state index in [0.717, 1.165) is 0 Å². The summed E-state index contributed by atoms with van der Waals surface area (Å²) in [6.07, 6.45) is -3.84. The summed E-state index contributed by atoms with van der Waals surface area (Å²) in [4.78, 5) is 43.4. The third-order valence-corrected chi connectivity index (χ3v) is 6.63. The van der Waals surface area contributed by atoms with Crippen molar-refractivity contribution in [1.82, 2.24) is 9.55 Å². The summed E-state index contributed by atoms with van der Waals surface area (Å²) in [5.41, 5.74) is 5.56. The molecule has 2 aromatic heterocycles. The van der Waals surface area contributed by atoms with Gasteiger partial charge in [0.1, 0.15) is 6.61 Å². The molecule has 0 aliphatic carbocycles. The number of hydrogen-bond donors (Lipinski definition) is 1. The zero-order valence-corrected chi connectivity index (χ0v) is 18.9. The van der Waals surface area contributed by atoms with Crippen molar-refractivity contribution in [1.29, 1.82) is 0 Å². The topological polar surface area (TPSA) is 132 Å². The zero-order chi connectivity index (χ0) is 25.4. The lowest BCUT2D eigenvalue weighted by atomic mass is 9.85. The van der Waals surface area contributed by atoms with Crippen molar-refractivity contribution in [3.8, 4) is 22.9 Å². The number of esters is 2. The van der Waals surface area contributed by atoms with E-state index >= 15 is 0 Å². The number of hydrogen-bond acceptors (Lipinski definition) is 9. The number of halogens is 2. The van der Waals surface area contributed by atoms with Gasteiger partial charge in [-0.25, -0.2) is 9.78 Å². The molecule has 3 aromatic rings. The van der Waals surface area contributed by atoms with Gasteiger partial charge in [-0.2, -0.15) is 0 Å². The van der Waals surface area contributed by atoms with Crippen LogP contribution in [0.25, 0.3) is 22.3 Å². The van der Waals surface area contributed by atoms with Gasteiger partial charge in [0.15, 0.2) is 11.5 Å². The molecule has 1 atom stereocenters. The molecule has 0 saturated heterocycles. The van der Waals surface area contributed by atoms with Gasteiger partial charge in [0, 0.05) is 29.1 Å². The molecule has 3 aliphatic rings. The summed E-state index contributed by atoms with van der Waals surface area (Å²) in [6.45, 7) is 1.59. The Morgan fingerprint density at radius 2 is 1.94 bits per heavy atom. The van der Waals surface area contributed by atoms with Crippen LogP contribution in [0.2, 0.25) is 0 Å². The van der Waals surface area contributed by atoms with Crippen LogP contribution in [0.5, 0.6) is 11.5 Å². The fourth-order valence-corrected chi connectivity index (χ4v) is 4.95. The van der Waals surface area contributed by atoms with E-state index in [1.807, 2.05) is 0 Å². The number of rotatable bonds is 4. The molecule has 186 valence electrons. The number of ether oxygens (including phenoxy) is 4. The van der Waals surface area contributed by atoms with Crippen LogP contribution < -0.4 is 20.8 Å². The molecule has 2 N–H and O–H groups in total. The van der Waals surface area contributed by atoms with Crippen molar-refractivity contribution in [3.05, 3.63) is 51.3 Å². The SMILES string of the molecule is CCC1(OC(=O)CCN)C(=O)OCc2c1cc1n(c2=O)Cc2cc3cc4c(cc3nc2-1)OC(F)(F)O4. The molecule has 0 spiro atoms. The van der Waals surface area contributed by atoms with Gasteiger partial charge in [-0.3, -0.25) is 9.59 Å². The van der Waals surface area contributed by atoms with E-state index in [1.165, 1.54) is 16.7 Å². The van der Waals surface area contributed by atoms with Gasteiger partial charge in [0.2, 0.25) is 5.60 Å². The second-order valence-corrected chi connectivity index (χ2v) is 8.74. The average Bonchev–Trinajstić information content (AvgIpc) is 3.33. The smallest absolute Gasteiger partial charge is 0.457 e. The fourth-order valence-electron chi connectivity index (χ4n) is 4.95. The van der Waals surface area contributed by atoms with Crippen molar-refractivity contribution in [2.24, 2.45) is 5.73 Å². The molecule has 6 rings (SSSR count). The normalized spacial score (nSPS) is 20.5. The first-order valence-corrected chi connectivity index (χ1v) is 11.3. The maximum Gasteiger partial charge on any atom is 0.586 e. The highest BCUT2D eigenvalue weighted by Gasteiger charge is 2.50. The van der Waals surface area contributed by atoms with E-state index in [-0.39, 0.29) is 55.2 Å². The summed E-state index contributed by atoms with van der Waals surface area (Å²) in [5.74, 6) is -1.73. The maximum atomic E-state index is 13.5. The third-order valence-electron chi connectivity index (χ3n) is 6.63. The van der Waals surface area contributed by atoms with E-state index in [4.69, 9.17) is 15.2 Å². The number of carbonyl (C=O) groups excluding carboxylic acids is 2. The Labute approximate surface area is 201 Å². The molecule has 10 nitrogen and oxygen atoms in total. The molecule has 36 heavy (non-hydrogen) atoms. The lowest BCUT2D eigenvalue weighted by Crippen LogP contribution is -2.47. The van der Waals surface area contributed by atoms with Crippen LogP contribution in [-0.4, -0.2) is 34.3 Å². The summed E-state index contributed by atoms with van der Waals surface area (Å²) in [6, 6.07) is 6.09. The monoisotopic (exact) mass is 499 g/mol. The molecule has 0 amide bonds. The van der Waals surface area contributed by atoms with E-state index in [2.05, 4.69) is 14.5 Å². The number of cyclic esters (lactones) is 1. The Kier molecular flexibility index (Phi) is 4.65. The predicted molar refractivity (Wildman–Crippen MR) is 118 cm³/mol. The number of fused-ring (bicyclic) bond motifs is 6. The quantitative estimate of drug-likeness (QED) is 0.420. The molecule has 0 fully saturated rings. The second kappa shape index (κ2) is 7.47. The highest BCUT2D eigenvalue weighted by Crippen LogP contribution is 2.45. The summed E-state index contributed by atoms with van der Waals surface area (Å²) < 4.78 is 48.5. The second-order valence-electron chi connectivity index (χ2n) is 8.74. The predicted octanol–water partition coefficient (Wildman–Crippen LogP) is 2.30. The Balaban J connectivity index is 1.52. The number of carbonyl (C=O) groups is 2. The Hall–Kier alpha value is -4.06. The Morgan fingerprint density at radius 1 is 1.19 bits per heavy atom. The molecular formula is C24H19F2N3O7. The van der Waals surface area contributed by atoms with Crippen molar-refractivity contribution < 1.29 is 37.3 Å². The maximum absolute atomic E-state index is 13.5. The first kappa shape index (κ1) is 22.4. The van der Waals surface area contributed by atoms with E-state index in [0.29, 0.717) is 27.9 Å². The minimum atomic E-state index is -3.76. The molecule has 0 bridgehead atoms.